The summed E-state index contributed by atoms with van der Waals surface area (Å²) < 4.78 is 38.9. The lowest BCUT2D eigenvalue weighted by Gasteiger charge is -2.13. The molecule has 0 aliphatic heterocycles. The van der Waals surface area contributed by atoms with Crippen molar-refractivity contribution in [2.45, 2.75) is 5.75 Å². The molecular weight excluding hydrogens is 364 g/mol. The van der Waals surface area contributed by atoms with E-state index in [9.17, 15) is 8.42 Å². The maximum absolute atomic E-state index is 12.7. The summed E-state index contributed by atoms with van der Waals surface area (Å²) in [6.45, 7) is 0. The molecule has 0 radical (unpaired) electrons. The third kappa shape index (κ3) is 3.93. The Balaban J connectivity index is 1.58. The van der Waals surface area contributed by atoms with E-state index in [1.807, 2.05) is 24.3 Å². The van der Waals surface area contributed by atoms with E-state index < -0.39 is 10.0 Å². The molecule has 7 heteroatoms. The highest BCUT2D eigenvalue weighted by Crippen LogP contribution is 2.30. The number of benzene rings is 3. The van der Waals surface area contributed by atoms with Crippen LogP contribution in [-0.4, -0.2) is 13.6 Å². The third-order valence-corrected chi connectivity index (χ3v) is 5.09. The van der Waals surface area contributed by atoms with Gasteiger partial charge in [-0.2, -0.15) is 0 Å². The van der Waals surface area contributed by atoms with Gasteiger partial charge in [-0.1, -0.05) is 47.6 Å². The smallest absolute Gasteiger partial charge is 0.238 e. The van der Waals surface area contributed by atoms with E-state index in [1.54, 1.807) is 54.6 Å². The van der Waals surface area contributed by atoms with Crippen LogP contribution < -0.4 is 9.46 Å². The molecule has 0 atom stereocenters. The Hall–Kier alpha value is -3.32. The van der Waals surface area contributed by atoms with Crippen molar-refractivity contribution in [3.63, 3.8) is 0 Å². The second-order valence-corrected chi connectivity index (χ2v) is 7.62. The van der Waals surface area contributed by atoms with Crippen LogP contribution in [0.1, 0.15) is 5.69 Å². The minimum absolute atomic E-state index is 0.302. The van der Waals surface area contributed by atoms with Gasteiger partial charge in [-0.25, -0.2) is 8.42 Å². The summed E-state index contributed by atoms with van der Waals surface area (Å²) in [5.41, 5.74) is 1.27. The summed E-state index contributed by atoms with van der Waals surface area (Å²) in [5.74, 6) is 0.730. The largest absolute Gasteiger partial charge is 0.455 e. The van der Waals surface area contributed by atoms with Crippen molar-refractivity contribution in [3.05, 3.63) is 84.6 Å². The first kappa shape index (κ1) is 17.1. The summed E-state index contributed by atoms with van der Waals surface area (Å²) >= 11 is 0. The summed E-state index contributed by atoms with van der Waals surface area (Å²) in [5, 5.41) is 4.56. The van der Waals surface area contributed by atoms with Crippen LogP contribution in [0.3, 0.4) is 0 Å². The van der Waals surface area contributed by atoms with Crippen molar-refractivity contribution in [3.8, 4) is 11.5 Å². The van der Waals surface area contributed by atoms with E-state index in [1.165, 1.54) is 0 Å². The van der Waals surface area contributed by atoms with Crippen molar-refractivity contribution in [1.82, 2.24) is 5.16 Å². The molecule has 0 unspecified atom stereocenters. The highest BCUT2D eigenvalue weighted by Gasteiger charge is 2.19. The maximum Gasteiger partial charge on any atom is 0.238 e. The number of aromatic nitrogens is 1. The predicted molar refractivity (Wildman–Crippen MR) is 103 cm³/mol. The van der Waals surface area contributed by atoms with Gasteiger partial charge in [0.25, 0.3) is 0 Å². The van der Waals surface area contributed by atoms with Crippen LogP contribution in [0.4, 0.5) is 5.69 Å². The number of sulfonamides is 1. The summed E-state index contributed by atoms with van der Waals surface area (Å²) in [4.78, 5) is 0. The minimum atomic E-state index is -3.72. The Labute approximate surface area is 156 Å². The number of para-hydroxylation sites is 4. The molecule has 136 valence electrons. The van der Waals surface area contributed by atoms with Crippen LogP contribution in [0.15, 0.2) is 83.4 Å². The molecule has 1 aromatic heterocycles. The molecule has 27 heavy (non-hydrogen) atoms. The SMILES string of the molecule is O=S(=O)(Cc1noc2ccccc12)Nc1ccccc1Oc1ccccc1. The highest BCUT2D eigenvalue weighted by molar-refractivity contribution is 7.91. The van der Waals surface area contributed by atoms with Gasteiger partial charge in [-0.3, -0.25) is 4.72 Å². The minimum Gasteiger partial charge on any atom is -0.455 e. The van der Waals surface area contributed by atoms with E-state index in [0.717, 1.165) is 0 Å². The van der Waals surface area contributed by atoms with Crippen molar-refractivity contribution in [2.75, 3.05) is 4.72 Å². The van der Waals surface area contributed by atoms with Crippen molar-refractivity contribution >= 4 is 26.7 Å². The lowest BCUT2D eigenvalue weighted by molar-refractivity contribution is 0.448. The Morgan fingerprint density at radius 1 is 0.889 bits per heavy atom. The number of ether oxygens (including phenoxy) is 1. The fraction of sp³-hybridized carbons (Fsp3) is 0.0500. The first-order chi connectivity index (χ1) is 13.1. The van der Waals surface area contributed by atoms with E-state index in [2.05, 4.69) is 9.88 Å². The van der Waals surface area contributed by atoms with E-state index >= 15 is 0 Å². The quantitative estimate of drug-likeness (QED) is 0.530. The lowest BCUT2D eigenvalue weighted by atomic mass is 10.2. The number of anilines is 1. The van der Waals surface area contributed by atoms with Crippen molar-refractivity contribution < 1.29 is 17.7 Å². The van der Waals surface area contributed by atoms with E-state index in [-0.39, 0.29) is 5.75 Å². The molecule has 1 N–H and O–H groups in total. The average Bonchev–Trinajstić information content (AvgIpc) is 3.06. The van der Waals surface area contributed by atoms with Gasteiger partial charge >= 0.3 is 0 Å². The fourth-order valence-electron chi connectivity index (χ4n) is 2.68. The zero-order valence-electron chi connectivity index (χ0n) is 14.2. The van der Waals surface area contributed by atoms with Gasteiger partial charge in [0.1, 0.15) is 17.2 Å². The van der Waals surface area contributed by atoms with E-state index in [4.69, 9.17) is 9.26 Å². The molecular formula is C20H16N2O4S. The second kappa shape index (κ2) is 7.13. The second-order valence-electron chi connectivity index (χ2n) is 5.90. The van der Waals surface area contributed by atoms with Crippen molar-refractivity contribution in [1.29, 1.82) is 0 Å². The van der Waals surface area contributed by atoms with E-state index in [0.29, 0.717) is 33.8 Å². The molecule has 0 bridgehead atoms. The van der Waals surface area contributed by atoms with Crippen LogP contribution in [0.25, 0.3) is 11.0 Å². The molecule has 0 aliphatic carbocycles. The lowest BCUT2D eigenvalue weighted by Crippen LogP contribution is -2.16. The number of hydrogen-bond donors (Lipinski definition) is 1. The standard InChI is InChI=1S/C20H16N2O4S/c23-27(24,14-18-16-10-4-6-12-19(16)26-21-18)22-17-11-5-7-13-20(17)25-15-8-2-1-3-9-15/h1-13,22H,14H2. The number of fused-ring (bicyclic) bond motifs is 1. The first-order valence-electron chi connectivity index (χ1n) is 8.26. The molecule has 4 aromatic rings. The van der Waals surface area contributed by atoms with Crippen LogP contribution in [0, 0.1) is 0 Å². The molecule has 1 heterocycles. The molecule has 0 spiro atoms. The number of rotatable bonds is 6. The summed E-state index contributed by atoms with van der Waals surface area (Å²) in [6, 6.07) is 23.2. The van der Waals surface area contributed by atoms with Crippen LogP contribution in [0.2, 0.25) is 0 Å². The number of hydrogen-bond acceptors (Lipinski definition) is 5. The first-order valence-corrected chi connectivity index (χ1v) is 9.92. The average molecular weight is 380 g/mol. The van der Waals surface area contributed by atoms with Gasteiger partial charge in [0.2, 0.25) is 10.0 Å². The molecule has 0 saturated carbocycles. The van der Waals surface area contributed by atoms with Crippen LogP contribution in [0.5, 0.6) is 11.5 Å². The van der Waals surface area contributed by atoms with Crippen LogP contribution >= 0.6 is 0 Å². The normalized spacial score (nSPS) is 11.4. The Morgan fingerprint density at radius 3 is 2.44 bits per heavy atom. The zero-order valence-corrected chi connectivity index (χ0v) is 15.0. The number of nitrogens with one attached hydrogen (secondary N) is 1. The Bertz CT molecular complexity index is 1170. The molecule has 0 amide bonds. The summed E-state index contributed by atoms with van der Waals surface area (Å²) in [6.07, 6.45) is 0. The van der Waals surface area contributed by atoms with Gasteiger partial charge in [0, 0.05) is 5.39 Å². The van der Waals surface area contributed by atoms with Gasteiger partial charge in [-0.05, 0) is 36.4 Å². The van der Waals surface area contributed by atoms with Gasteiger partial charge in [0.15, 0.2) is 11.3 Å². The van der Waals surface area contributed by atoms with Gasteiger partial charge in [-0.15, -0.1) is 0 Å². The summed E-state index contributed by atoms with van der Waals surface area (Å²) in [7, 11) is -3.72. The third-order valence-electron chi connectivity index (χ3n) is 3.90. The molecule has 0 fully saturated rings. The predicted octanol–water partition coefficient (Wildman–Crippen LogP) is 4.56. The van der Waals surface area contributed by atoms with Gasteiger partial charge < -0.3 is 9.26 Å². The monoisotopic (exact) mass is 380 g/mol. The molecule has 0 saturated heterocycles. The van der Waals surface area contributed by atoms with Crippen molar-refractivity contribution in [2.24, 2.45) is 0 Å². The zero-order chi connectivity index (χ0) is 18.7. The van der Waals surface area contributed by atoms with Crippen LogP contribution in [-0.2, 0) is 15.8 Å². The Morgan fingerprint density at radius 2 is 1.59 bits per heavy atom. The number of nitrogens with zero attached hydrogens (tertiary/aromatic N) is 1. The highest BCUT2D eigenvalue weighted by atomic mass is 32.2. The topological polar surface area (TPSA) is 81.4 Å². The molecule has 0 aliphatic rings. The fourth-order valence-corrected chi connectivity index (χ4v) is 3.83. The molecule has 3 aromatic carbocycles. The van der Waals surface area contributed by atoms with Gasteiger partial charge in [0.05, 0.1) is 5.69 Å². The molecule has 4 rings (SSSR count). The Kier molecular flexibility index (Phi) is 4.52. The molecule has 6 nitrogen and oxygen atoms in total. The maximum atomic E-state index is 12.7.